The first kappa shape index (κ1) is 13.0. The average molecular weight is 304 g/mol. The number of nitrogens with zero attached hydrogens (tertiary/aromatic N) is 1. The number of rotatable bonds is 2. The first-order valence-corrected chi connectivity index (χ1v) is 6.31. The van der Waals surface area contributed by atoms with E-state index in [1.165, 1.54) is 0 Å². The summed E-state index contributed by atoms with van der Waals surface area (Å²) in [5, 5.41) is 10.2. The fraction of sp³-hybridized carbons (Fsp3) is 0.500. The maximum atomic E-state index is 13.8. The van der Waals surface area contributed by atoms with Crippen LogP contribution >= 0.6 is 15.9 Å². The summed E-state index contributed by atoms with van der Waals surface area (Å²) in [4.78, 5) is 2.06. The molecular formula is C12H15BrFNO2. The molecule has 1 heterocycles. The van der Waals surface area contributed by atoms with Crippen molar-refractivity contribution in [2.24, 2.45) is 0 Å². The molecule has 5 heteroatoms. The molecule has 0 radical (unpaired) electrons. The summed E-state index contributed by atoms with van der Waals surface area (Å²) in [7, 11) is 1.96. The van der Waals surface area contributed by atoms with E-state index in [1.807, 2.05) is 7.05 Å². The van der Waals surface area contributed by atoms with Crippen LogP contribution in [0.4, 0.5) is 4.39 Å². The molecule has 0 saturated carbocycles. The van der Waals surface area contributed by atoms with Crippen molar-refractivity contribution in [3.05, 3.63) is 34.1 Å². The molecule has 1 N–H and O–H groups in total. The molecule has 0 aromatic heterocycles. The van der Waals surface area contributed by atoms with Gasteiger partial charge in [-0.3, -0.25) is 0 Å². The topological polar surface area (TPSA) is 32.7 Å². The lowest BCUT2D eigenvalue weighted by molar-refractivity contribution is -0.0854. The van der Waals surface area contributed by atoms with E-state index in [4.69, 9.17) is 4.74 Å². The highest BCUT2D eigenvalue weighted by Gasteiger charge is 2.28. The summed E-state index contributed by atoms with van der Waals surface area (Å²) in [6, 6.07) is 4.90. The van der Waals surface area contributed by atoms with Gasteiger partial charge in [-0.15, -0.1) is 0 Å². The highest BCUT2D eigenvalue weighted by Crippen LogP contribution is 2.27. The molecule has 1 saturated heterocycles. The summed E-state index contributed by atoms with van der Waals surface area (Å²) in [5.74, 6) is -0.420. The van der Waals surface area contributed by atoms with E-state index in [1.54, 1.807) is 18.2 Å². The second-order valence-corrected chi connectivity index (χ2v) is 5.11. The van der Waals surface area contributed by atoms with E-state index < -0.39 is 11.9 Å². The van der Waals surface area contributed by atoms with Gasteiger partial charge in [-0.25, -0.2) is 4.39 Å². The normalized spacial score (nSPS) is 23.6. The number of morpholine rings is 1. The van der Waals surface area contributed by atoms with E-state index in [2.05, 4.69) is 20.8 Å². The van der Waals surface area contributed by atoms with Crippen molar-refractivity contribution in [2.75, 3.05) is 26.7 Å². The van der Waals surface area contributed by atoms with E-state index in [9.17, 15) is 9.50 Å². The molecule has 0 aliphatic carbocycles. The van der Waals surface area contributed by atoms with Crippen LogP contribution in [0, 0.1) is 5.82 Å². The fourth-order valence-electron chi connectivity index (χ4n) is 1.95. The maximum Gasteiger partial charge on any atom is 0.143 e. The second-order valence-electron chi connectivity index (χ2n) is 4.26. The molecule has 1 aromatic carbocycles. The molecular weight excluding hydrogens is 289 g/mol. The molecule has 0 amide bonds. The van der Waals surface area contributed by atoms with Crippen LogP contribution < -0.4 is 0 Å². The number of aliphatic hydroxyl groups is 1. The standard InChI is InChI=1S/C12H15BrFNO2/c1-15-5-6-17-10(7-15)12(16)8-3-2-4-9(13)11(8)14/h2-4,10,12,16H,5-7H2,1H3. The minimum Gasteiger partial charge on any atom is -0.386 e. The van der Waals surface area contributed by atoms with Gasteiger partial charge in [0.1, 0.15) is 18.0 Å². The molecule has 1 fully saturated rings. The van der Waals surface area contributed by atoms with Crippen molar-refractivity contribution in [2.45, 2.75) is 12.2 Å². The highest BCUT2D eigenvalue weighted by atomic mass is 79.9. The SMILES string of the molecule is CN1CCOC(C(O)c2cccc(Br)c2F)C1. The van der Waals surface area contributed by atoms with Crippen LogP contribution in [0.1, 0.15) is 11.7 Å². The Morgan fingerprint density at radius 3 is 3.06 bits per heavy atom. The Kier molecular flexibility index (Phi) is 4.14. The van der Waals surface area contributed by atoms with E-state index in [0.29, 0.717) is 17.6 Å². The summed E-state index contributed by atoms with van der Waals surface area (Å²) >= 11 is 3.11. The van der Waals surface area contributed by atoms with Gasteiger partial charge >= 0.3 is 0 Å². The lowest BCUT2D eigenvalue weighted by atomic mass is 10.0. The van der Waals surface area contributed by atoms with Crippen LogP contribution in [0.5, 0.6) is 0 Å². The molecule has 2 unspecified atom stereocenters. The smallest absolute Gasteiger partial charge is 0.143 e. The number of hydrogen-bond acceptors (Lipinski definition) is 3. The van der Waals surface area contributed by atoms with Gasteiger partial charge in [-0.2, -0.15) is 0 Å². The van der Waals surface area contributed by atoms with Gasteiger partial charge in [-0.1, -0.05) is 12.1 Å². The van der Waals surface area contributed by atoms with Gasteiger partial charge in [0.25, 0.3) is 0 Å². The summed E-state index contributed by atoms with van der Waals surface area (Å²) in [6.07, 6.45) is -1.31. The minimum atomic E-state index is -0.935. The Hall–Kier alpha value is -0.490. The number of hydrogen-bond donors (Lipinski definition) is 1. The zero-order chi connectivity index (χ0) is 12.4. The van der Waals surface area contributed by atoms with Gasteiger partial charge in [0, 0.05) is 18.7 Å². The Balaban J connectivity index is 2.18. The third-order valence-corrected chi connectivity index (χ3v) is 3.56. The van der Waals surface area contributed by atoms with Crippen LogP contribution in [0.25, 0.3) is 0 Å². The maximum absolute atomic E-state index is 13.8. The van der Waals surface area contributed by atoms with Crippen LogP contribution in [0.2, 0.25) is 0 Å². The number of benzene rings is 1. The zero-order valence-corrected chi connectivity index (χ0v) is 11.2. The molecule has 17 heavy (non-hydrogen) atoms. The van der Waals surface area contributed by atoms with Crippen molar-refractivity contribution in [3.63, 3.8) is 0 Å². The molecule has 2 rings (SSSR count). The van der Waals surface area contributed by atoms with E-state index in [-0.39, 0.29) is 11.7 Å². The third kappa shape index (κ3) is 2.85. The largest absolute Gasteiger partial charge is 0.386 e. The van der Waals surface area contributed by atoms with E-state index >= 15 is 0 Å². The zero-order valence-electron chi connectivity index (χ0n) is 9.57. The minimum absolute atomic E-state index is 0.277. The van der Waals surface area contributed by atoms with Gasteiger partial charge in [0.15, 0.2) is 0 Å². The van der Waals surface area contributed by atoms with Crippen molar-refractivity contribution in [3.8, 4) is 0 Å². The number of likely N-dealkylation sites (N-methyl/N-ethyl adjacent to an activating group) is 1. The fourth-order valence-corrected chi connectivity index (χ4v) is 2.33. The monoisotopic (exact) mass is 303 g/mol. The van der Waals surface area contributed by atoms with Crippen LogP contribution in [-0.2, 0) is 4.74 Å². The summed E-state index contributed by atoms with van der Waals surface area (Å²) in [6.45, 7) is 2.01. The number of aliphatic hydroxyl groups excluding tert-OH is 1. The first-order chi connectivity index (χ1) is 8.09. The van der Waals surface area contributed by atoms with Gasteiger partial charge < -0.3 is 14.7 Å². The predicted molar refractivity (Wildman–Crippen MR) is 66.3 cm³/mol. The predicted octanol–water partition coefficient (Wildman–Crippen LogP) is 1.95. The third-order valence-electron chi connectivity index (χ3n) is 2.95. The average Bonchev–Trinajstić information content (AvgIpc) is 2.32. The quantitative estimate of drug-likeness (QED) is 0.906. The van der Waals surface area contributed by atoms with Crippen molar-refractivity contribution >= 4 is 15.9 Å². The lowest BCUT2D eigenvalue weighted by Gasteiger charge is -2.33. The van der Waals surface area contributed by atoms with Crippen LogP contribution in [0.3, 0.4) is 0 Å². The van der Waals surface area contributed by atoms with Gasteiger partial charge in [0.2, 0.25) is 0 Å². The van der Waals surface area contributed by atoms with Gasteiger partial charge in [-0.05, 0) is 29.0 Å². The molecule has 2 atom stereocenters. The van der Waals surface area contributed by atoms with Crippen molar-refractivity contribution < 1.29 is 14.2 Å². The van der Waals surface area contributed by atoms with Crippen LogP contribution in [0.15, 0.2) is 22.7 Å². The molecule has 1 aliphatic heterocycles. The number of ether oxygens (including phenoxy) is 1. The molecule has 0 bridgehead atoms. The molecule has 94 valence electrons. The summed E-state index contributed by atoms with van der Waals surface area (Å²) in [5.41, 5.74) is 0.277. The first-order valence-electron chi connectivity index (χ1n) is 5.51. The van der Waals surface area contributed by atoms with Crippen molar-refractivity contribution in [1.82, 2.24) is 4.90 Å². The van der Waals surface area contributed by atoms with Gasteiger partial charge in [0.05, 0.1) is 11.1 Å². The summed E-state index contributed by atoms with van der Waals surface area (Å²) < 4.78 is 19.7. The number of halogens is 2. The second kappa shape index (κ2) is 5.44. The highest BCUT2D eigenvalue weighted by molar-refractivity contribution is 9.10. The lowest BCUT2D eigenvalue weighted by Crippen LogP contribution is -2.43. The molecule has 3 nitrogen and oxygen atoms in total. The Morgan fingerprint density at radius 2 is 2.35 bits per heavy atom. The van der Waals surface area contributed by atoms with Crippen molar-refractivity contribution in [1.29, 1.82) is 0 Å². The van der Waals surface area contributed by atoms with E-state index in [0.717, 1.165) is 6.54 Å². The van der Waals surface area contributed by atoms with Crippen LogP contribution in [-0.4, -0.2) is 42.9 Å². The Bertz CT molecular complexity index is 402. The molecule has 1 aliphatic rings. The molecule has 1 aromatic rings. The Labute approximate surface area is 108 Å². The molecule has 0 spiro atoms. The Morgan fingerprint density at radius 1 is 1.59 bits per heavy atom.